The van der Waals surface area contributed by atoms with Crippen molar-refractivity contribution in [1.29, 1.82) is 0 Å². The Bertz CT molecular complexity index is 410. The minimum atomic E-state index is -0.310. The highest BCUT2D eigenvalue weighted by Gasteiger charge is 2.10. The third-order valence-corrected chi connectivity index (χ3v) is 2.49. The first kappa shape index (κ1) is 14.6. The first-order chi connectivity index (χ1) is 8.56. The third-order valence-electron chi connectivity index (χ3n) is 2.49. The molecule has 0 fully saturated rings. The van der Waals surface area contributed by atoms with Gasteiger partial charge in [0.1, 0.15) is 5.82 Å². The monoisotopic (exact) mass is 254 g/mol. The van der Waals surface area contributed by atoms with Gasteiger partial charge >= 0.3 is 5.97 Å². The number of carbonyl (C=O) groups is 1. The van der Waals surface area contributed by atoms with Crippen LogP contribution in [0.1, 0.15) is 18.1 Å². The lowest BCUT2D eigenvalue weighted by Gasteiger charge is -2.16. The van der Waals surface area contributed by atoms with E-state index in [1.165, 1.54) is 6.07 Å². The van der Waals surface area contributed by atoms with E-state index in [-0.39, 0.29) is 18.3 Å². The van der Waals surface area contributed by atoms with Crippen molar-refractivity contribution in [1.82, 2.24) is 4.90 Å². The predicted octanol–water partition coefficient (Wildman–Crippen LogP) is 1.28. The van der Waals surface area contributed by atoms with E-state index >= 15 is 0 Å². The first-order valence-corrected chi connectivity index (χ1v) is 5.88. The summed E-state index contributed by atoms with van der Waals surface area (Å²) in [4.78, 5) is 13.0. The van der Waals surface area contributed by atoms with Gasteiger partial charge in [-0.15, -0.1) is 0 Å². The number of halogens is 1. The number of ether oxygens (including phenoxy) is 1. The quantitative estimate of drug-likeness (QED) is 0.777. The number of benzene rings is 1. The number of hydrogen-bond acceptors (Lipinski definition) is 4. The zero-order valence-corrected chi connectivity index (χ0v) is 10.8. The van der Waals surface area contributed by atoms with Gasteiger partial charge in [0.2, 0.25) is 0 Å². The summed E-state index contributed by atoms with van der Waals surface area (Å²) in [6, 6.07) is 4.77. The molecule has 0 saturated carbocycles. The molecule has 1 aromatic rings. The van der Waals surface area contributed by atoms with Crippen molar-refractivity contribution in [2.75, 3.05) is 20.2 Å². The largest absolute Gasteiger partial charge is 0.465 e. The molecule has 0 spiro atoms. The Morgan fingerprint density at radius 1 is 1.50 bits per heavy atom. The molecule has 0 aromatic heterocycles. The number of rotatable bonds is 6. The van der Waals surface area contributed by atoms with Gasteiger partial charge in [-0.25, -0.2) is 4.39 Å². The van der Waals surface area contributed by atoms with Crippen molar-refractivity contribution in [2.45, 2.75) is 20.0 Å². The van der Waals surface area contributed by atoms with E-state index in [0.29, 0.717) is 25.3 Å². The minimum Gasteiger partial charge on any atom is -0.465 e. The van der Waals surface area contributed by atoms with Crippen molar-refractivity contribution in [3.63, 3.8) is 0 Å². The second kappa shape index (κ2) is 7.08. The molecule has 0 heterocycles. The van der Waals surface area contributed by atoms with E-state index in [1.807, 2.05) is 0 Å². The summed E-state index contributed by atoms with van der Waals surface area (Å²) in [6.07, 6.45) is 0. The Kier molecular flexibility index (Phi) is 5.74. The van der Waals surface area contributed by atoms with Gasteiger partial charge in [-0.2, -0.15) is 0 Å². The van der Waals surface area contributed by atoms with Crippen LogP contribution in [0.2, 0.25) is 0 Å². The Morgan fingerprint density at radius 2 is 2.22 bits per heavy atom. The molecule has 0 atom stereocenters. The lowest BCUT2D eigenvalue weighted by atomic mass is 10.1. The fourth-order valence-electron chi connectivity index (χ4n) is 1.65. The number of hydrogen-bond donors (Lipinski definition) is 1. The molecule has 0 unspecified atom stereocenters. The maximum atomic E-state index is 13.6. The van der Waals surface area contributed by atoms with Crippen LogP contribution in [0, 0.1) is 5.82 Å². The summed E-state index contributed by atoms with van der Waals surface area (Å²) in [6.45, 7) is 2.96. The number of nitrogens with two attached hydrogens (primary N) is 1. The summed E-state index contributed by atoms with van der Waals surface area (Å²) in [5.74, 6) is -0.599. The van der Waals surface area contributed by atoms with Crippen LogP contribution in [0.15, 0.2) is 18.2 Å². The van der Waals surface area contributed by atoms with Gasteiger partial charge in [0.05, 0.1) is 13.2 Å². The van der Waals surface area contributed by atoms with Gasteiger partial charge in [0, 0.05) is 18.7 Å². The number of carbonyl (C=O) groups excluding carboxylic acids is 1. The van der Waals surface area contributed by atoms with Gasteiger partial charge in [-0.05, 0) is 25.6 Å². The van der Waals surface area contributed by atoms with Crippen LogP contribution in [-0.4, -0.2) is 31.1 Å². The maximum absolute atomic E-state index is 13.6. The van der Waals surface area contributed by atoms with E-state index in [1.54, 1.807) is 31.0 Å². The summed E-state index contributed by atoms with van der Waals surface area (Å²) >= 11 is 0. The highest BCUT2D eigenvalue weighted by Crippen LogP contribution is 2.12. The van der Waals surface area contributed by atoms with Crippen molar-refractivity contribution in [3.8, 4) is 0 Å². The van der Waals surface area contributed by atoms with Crippen molar-refractivity contribution in [2.24, 2.45) is 5.73 Å². The van der Waals surface area contributed by atoms with Crippen LogP contribution in [0.5, 0.6) is 0 Å². The Morgan fingerprint density at radius 3 is 2.83 bits per heavy atom. The average Bonchev–Trinajstić information content (AvgIpc) is 2.32. The summed E-state index contributed by atoms with van der Waals surface area (Å²) in [7, 11) is 1.74. The zero-order valence-electron chi connectivity index (χ0n) is 10.8. The highest BCUT2D eigenvalue weighted by atomic mass is 19.1. The summed E-state index contributed by atoms with van der Waals surface area (Å²) in [5, 5.41) is 0. The Hall–Kier alpha value is -1.46. The molecule has 0 aliphatic heterocycles. The lowest BCUT2D eigenvalue weighted by Crippen LogP contribution is -2.27. The molecular weight excluding hydrogens is 235 g/mol. The molecule has 0 radical (unpaired) electrons. The minimum absolute atomic E-state index is 0.139. The molecular formula is C13H19FN2O2. The van der Waals surface area contributed by atoms with Crippen molar-refractivity contribution in [3.05, 3.63) is 35.1 Å². The Balaban J connectivity index is 2.63. The molecule has 0 saturated heterocycles. The fraction of sp³-hybridized carbons (Fsp3) is 0.462. The van der Waals surface area contributed by atoms with Crippen LogP contribution in [0.25, 0.3) is 0 Å². The standard InChI is InChI=1S/C13H19FN2O2/c1-3-18-13(17)9-16(2)8-11-6-10(7-15)4-5-12(11)14/h4-6H,3,7-9,15H2,1-2H3. The molecule has 0 aliphatic rings. The Labute approximate surface area is 107 Å². The second-order valence-corrected chi connectivity index (χ2v) is 4.11. The van der Waals surface area contributed by atoms with E-state index < -0.39 is 0 Å². The number of nitrogens with zero attached hydrogens (tertiary/aromatic N) is 1. The summed E-state index contributed by atoms with van der Waals surface area (Å²) < 4.78 is 18.4. The van der Waals surface area contributed by atoms with Crippen LogP contribution >= 0.6 is 0 Å². The fourth-order valence-corrected chi connectivity index (χ4v) is 1.65. The SMILES string of the molecule is CCOC(=O)CN(C)Cc1cc(CN)ccc1F. The molecule has 1 aromatic carbocycles. The molecule has 100 valence electrons. The van der Waals surface area contributed by atoms with Crippen LogP contribution in [0.3, 0.4) is 0 Å². The van der Waals surface area contributed by atoms with Crippen LogP contribution in [0.4, 0.5) is 4.39 Å². The number of esters is 1. The average molecular weight is 254 g/mol. The highest BCUT2D eigenvalue weighted by molar-refractivity contribution is 5.71. The molecule has 5 heteroatoms. The molecule has 0 amide bonds. The lowest BCUT2D eigenvalue weighted by molar-refractivity contribution is -0.144. The molecule has 0 aliphatic carbocycles. The van der Waals surface area contributed by atoms with Crippen LogP contribution in [-0.2, 0) is 22.6 Å². The predicted molar refractivity (Wildman–Crippen MR) is 67.3 cm³/mol. The topological polar surface area (TPSA) is 55.6 Å². The van der Waals surface area contributed by atoms with Gasteiger partial charge in [-0.1, -0.05) is 12.1 Å². The number of likely N-dealkylation sites (N-methyl/N-ethyl adjacent to an activating group) is 1. The molecule has 0 bridgehead atoms. The van der Waals surface area contributed by atoms with Crippen LogP contribution < -0.4 is 5.73 Å². The van der Waals surface area contributed by atoms with E-state index in [9.17, 15) is 9.18 Å². The smallest absolute Gasteiger partial charge is 0.320 e. The normalized spacial score (nSPS) is 10.7. The molecule has 1 rings (SSSR count). The van der Waals surface area contributed by atoms with Gasteiger partial charge in [0.25, 0.3) is 0 Å². The summed E-state index contributed by atoms with van der Waals surface area (Å²) in [5.41, 5.74) is 6.91. The van der Waals surface area contributed by atoms with Crippen molar-refractivity contribution < 1.29 is 13.9 Å². The zero-order chi connectivity index (χ0) is 13.5. The first-order valence-electron chi connectivity index (χ1n) is 5.88. The molecule has 4 nitrogen and oxygen atoms in total. The second-order valence-electron chi connectivity index (χ2n) is 4.11. The van der Waals surface area contributed by atoms with E-state index in [2.05, 4.69) is 0 Å². The van der Waals surface area contributed by atoms with Gasteiger partial charge < -0.3 is 10.5 Å². The maximum Gasteiger partial charge on any atom is 0.320 e. The van der Waals surface area contributed by atoms with E-state index in [4.69, 9.17) is 10.5 Å². The van der Waals surface area contributed by atoms with Gasteiger partial charge in [-0.3, -0.25) is 9.69 Å². The molecule has 2 N–H and O–H groups in total. The molecule has 18 heavy (non-hydrogen) atoms. The third kappa shape index (κ3) is 4.43. The van der Waals surface area contributed by atoms with Crippen molar-refractivity contribution >= 4 is 5.97 Å². The van der Waals surface area contributed by atoms with Gasteiger partial charge in [0.15, 0.2) is 0 Å². The van der Waals surface area contributed by atoms with E-state index in [0.717, 1.165) is 5.56 Å².